The van der Waals surface area contributed by atoms with Gasteiger partial charge in [0.05, 0.1) is 0 Å². The van der Waals surface area contributed by atoms with Crippen LogP contribution in [0.3, 0.4) is 0 Å². The zero-order valence-electron chi connectivity index (χ0n) is 11.4. The minimum Gasteiger partial charge on any atom is -0.341 e. The van der Waals surface area contributed by atoms with Crippen LogP contribution >= 0.6 is 0 Å². The van der Waals surface area contributed by atoms with Crippen molar-refractivity contribution < 1.29 is 9.59 Å². The van der Waals surface area contributed by atoms with Crippen LogP contribution in [0.2, 0.25) is 0 Å². The summed E-state index contributed by atoms with van der Waals surface area (Å²) in [6.07, 6.45) is 4.41. The first-order valence-electron chi connectivity index (χ1n) is 7.84. The minimum atomic E-state index is -0.336. The van der Waals surface area contributed by atoms with E-state index in [-0.39, 0.29) is 36.0 Å². The molecule has 8 unspecified atom stereocenters. The highest BCUT2D eigenvalue weighted by atomic mass is 16.2. The smallest absolute Gasteiger partial charge is 0.244 e. The predicted octanol–water partition coefficient (Wildman–Crippen LogP) is -1.34. The van der Waals surface area contributed by atoms with Crippen LogP contribution in [0.15, 0.2) is 0 Å². The number of fused-ring (bicyclic) bond motifs is 2. The molecule has 5 saturated heterocycles. The first kappa shape index (κ1) is 11.5. The van der Waals surface area contributed by atoms with Gasteiger partial charge in [0.1, 0.15) is 12.1 Å². The standard InChI is InChI=1S/C14H20N4O2/c19-13-11(9-3-1-7-5-17(7)9)15-14(20)12(16-13)10-4-2-8-6-18(8)10/h7-12H,1-6H2,(H,15,20)(H,16,19). The zero-order valence-corrected chi connectivity index (χ0v) is 11.4. The molecule has 0 aromatic rings. The second-order valence-electron chi connectivity index (χ2n) is 6.96. The molecule has 0 spiro atoms. The zero-order chi connectivity index (χ0) is 13.4. The van der Waals surface area contributed by atoms with E-state index >= 15 is 0 Å². The van der Waals surface area contributed by atoms with E-state index in [1.54, 1.807) is 0 Å². The van der Waals surface area contributed by atoms with Crippen molar-refractivity contribution in [2.45, 2.75) is 61.9 Å². The molecule has 5 aliphatic heterocycles. The van der Waals surface area contributed by atoms with E-state index in [0.717, 1.165) is 25.9 Å². The molecule has 0 bridgehead atoms. The third-order valence-corrected chi connectivity index (χ3v) is 5.89. The van der Waals surface area contributed by atoms with Crippen LogP contribution in [0.5, 0.6) is 0 Å². The van der Waals surface area contributed by atoms with Gasteiger partial charge in [0, 0.05) is 37.3 Å². The van der Waals surface area contributed by atoms with Crippen molar-refractivity contribution in [3.8, 4) is 0 Å². The average Bonchev–Trinajstić information content (AvgIpc) is 3.32. The molecule has 2 N–H and O–H groups in total. The van der Waals surface area contributed by atoms with Gasteiger partial charge in [0.25, 0.3) is 0 Å². The van der Waals surface area contributed by atoms with Gasteiger partial charge in [-0.3, -0.25) is 19.4 Å². The van der Waals surface area contributed by atoms with Crippen LogP contribution in [-0.4, -0.2) is 71.0 Å². The molecule has 5 aliphatic rings. The summed E-state index contributed by atoms with van der Waals surface area (Å²) in [6, 6.07) is 1.13. The monoisotopic (exact) mass is 276 g/mol. The van der Waals surface area contributed by atoms with Crippen molar-refractivity contribution in [2.24, 2.45) is 0 Å². The number of hydrogen-bond acceptors (Lipinski definition) is 4. The maximum absolute atomic E-state index is 12.4. The Morgan fingerprint density at radius 1 is 0.750 bits per heavy atom. The fourth-order valence-electron chi connectivity index (χ4n) is 4.65. The van der Waals surface area contributed by atoms with Gasteiger partial charge in [0.15, 0.2) is 0 Å². The first-order chi connectivity index (χ1) is 9.72. The van der Waals surface area contributed by atoms with Crippen molar-refractivity contribution in [1.29, 1.82) is 0 Å². The van der Waals surface area contributed by atoms with E-state index < -0.39 is 0 Å². The molecule has 5 fully saturated rings. The lowest BCUT2D eigenvalue weighted by Gasteiger charge is -2.36. The molecule has 2 amide bonds. The highest BCUT2D eigenvalue weighted by molar-refractivity contribution is 5.98. The summed E-state index contributed by atoms with van der Waals surface area (Å²) >= 11 is 0. The van der Waals surface area contributed by atoms with Crippen LogP contribution in [-0.2, 0) is 9.59 Å². The van der Waals surface area contributed by atoms with Crippen LogP contribution in [0, 0.1) is 0 Å². The quantitative estimate of drug-likeness (QED) is 0.613. The molecule has 6 heteroatoms. The summed E-state index contributed by atoms with van der Waals surface area (Å²) < 4.78 is 0. The summed E-state index contributed by atoms with van der Waals surface area (Å²) in [5.41, 5.74) is 0. The third kappa shape index (κ3) is 1.52. The molecule has 0 aromatic heterocycles. The van der Waals surface area contributed by atoms with Gasteiger partial charge in [0.2, 0.25) is 11.8 Å². The van der Waals surface area contributed by atoms with E-state index in [2.05, 4.69) is 20.4 Å². The Morgan fingerprint density at radius 3 is 1.50 bits per heavy atom. The molecule has 6 nitrogen and oxygen atoms in total. The van der Waals surface area contributed by atoms with Crippen molar-refractivity contribution in [3.05, 3.63) is 0 Å². The van der Waals surface area contributed by atoms with Crippen molar-refractivity contribution >= 4 is 11.8 Å². The summed E-state index contributed by atoms with van der Waals surface area (Å²) in [4.78, 5) is 29.5. The Hall–Kier alpha value is -1.14. The molecule has 5 heterocycles. The topological polar surface area (TPSA) is 64.2 Å². The second-order valence-corrected chi connectivity index (χ2v) is 6.96. The number of piperazine rings is 1. The molecule has 0 saturated carbocycles. The maximum atomic E-state index is 12.4. The maximum Gasteiger partial charge on any atom is 0.244 e. The number of carbonyl (C=O) groups excluding carboxylic acids is 2. The highest BCUT2D eigenvalue weighted by Gasteiger charge is 2.55. The van der Waals surface area contributed by atoms with Crippen LogP contribution in [0.4, 0.5) is 0 Å². The molecule has 8 atom stereocenters. The van der Waals surface area contributed by atoms with Crippen molar-refractivity contribution in [2.75, 3.05) is 13.1 Å². The lowest BCUT2D eigenvalue weighted by atomic mass is 9.96. The largest absolute Gasteiger partial charge is 0.341 e. The third-order valence-electron chi connectivity index (χ3n) is 5.89. The Balaban J connectivity index is 1.32. The predicted molar refractivity (Wildman–Crippen MR) is 70.9 cm³/mol. The van der Waals surface area contributed by atoms with Crippen LogP contribution < -0.4 is 10.6 Å². The summed E-state index contributed by atoms with van der Waals surface area (Å²) in [7, 11) is 0. The molecule has 5 rings (SSSR count). The van der Waals surface area contributed by atoms with Gasteiger partial charge in [-0.05, 0) is 25.7 Å². The molecular weight excluding hydrogens is 256 g/mol. The van der Waals surface area contributed by atoms with Crippen molar-refractivity contribution in [1.82, 2.24) is 20.4 Å². The van der Waals surface area contributed by atoms with Gasteiger partial charge < -0.3 is 10.6 Å². The van der Waals surface area contributed by atoms with Gasteiger partial charge in [-0.2, -0.15) is 0 Å². The van der Waals surface area contributed by atoms with E-state index in [1.807, 2.05) is 0 Å². The van der Waals surface area contributed by atoms with E-state index in [4.69, 9.17) is 0 Å². The first-order valence-corrected chi connectivity index (χ1v) is 7.84. The number of amides is 2. The molecule has 0 aromatic carbocycles. The number of hydrogen-bond donors (Lipinski definition) is 2. The van der Waals surface area contributed by atoms with Crippen molar-refractivity contribution in [3.63, 3.8) is 0 Å². The number of rotatable bonds is 2. The molecule has 0 aliphatic carbocycles. The SMILES string of the molecule is O=C1NC(C2CCC3CN32)C(=O)NC1C1CCC2CN21. The second kappa shape index (κ2) is 3.74. The van der Waals surface area contributed by atoms with Gasteiger partial charge in [-0.25, -0.2) is 0 Å². The Kier molecular flexibility index (Phi) is 2.15. The van der Waals surface area contributed by atoms with E-state index in [0.29, 0.717) is 12.1 Å². The number of piperidine rings is 2. The minimum absolute atomic E-state index is 0.0254. The van der Waals surface area contributed by atoms with Gasteiger partial charge in [-0.15, -0.1) is 0 Å². The fourth-order valence-corrected chi connectivity index (χ4v) is 4.65. The molecular formula is C14H20N4O2. The Morgan fingerprint density at radius 2 is 1.20 bits per heavy atom. The summed E-state index contributed by atoms with van der Waals surface area (Å²) in [5.74, 6) is 0.0508. The average molecular weight is 276 g/mol. The Bertz CT molecular complexity index is 452. The van der Waals surface area contributed by atoms with Gasteiger partial charge >= 0.3 is 0 Å². The van der Waals surface area contributed by atoms with Crippen LogP contribution in [0.1, 0.15) is 25.7 Å². The van der Waals surface area contributed by atoms with E-state index in [1.165, 1.54) is 12.8 Å². The highest BCUT2D eigenvalue weighted by Crippen LogP contribution is 2.39. The summed E-state index contributed by atoms with van der Waals surface area (Å²) in [6.45, 7) is 2.21. The number of nitrogens with one attached hydrogen (secondary N) is 2. The van der Waals surface area contributed by atoms with Crippen LogP contribution in [0.25, 0.3) is 0 Å². The molecule has 20 heavy (non-hydrogen) atoms. The lowest BCUT2D eigenvalue weighted by Crippen LogP contribution is -2.68. The summed E-state index contributed by atoms with van der Waals surface area (Å²) in [5, 5.41) is 6.02. The van der Waals surface area contributed by atoms with E-state index in [9.17, 15) is 9.59 Å². The fraction of sp³-hybridized carbons (Fsp3) is 0.857. The number of carbonyl (C=O) groups is 2. The number of nitrogens with zero attached hydrogens (tertiary/aromatic N) is 2. The normalized spacial score (nSPS) is 55.8. The molecule has 108 valence electrons. The lowest BCUT2D eigenvalue weighted by molar-refractivity contribution is -0.139. The van der Waals surface area contributed by atoms with Gasteiger partial charge in [-0.1, -0.05) is 0 Å². The molecule has 0 radical (unpaired) electrons. The Labute approximate surface area is 117 Å².